The van der Waals surface area contributed by atoms with Crippen LogP contribution < -0.4 is 10.2 Å². The summed E-state index contributed by atoms with van der Waals surface area (Å²) < 4.78 is 0. The lowest BCUT2D eigenvalue weighted by Crippen LogP contribution is -2.29. The van der Waals surface area contributed by atoms with Crippen molar-refractivity contribution in [2.45, 2.75) is 13.3 Å². The number of nitrogens with zero attached hydrogens (tertiary/aromatic N) is 1. The summed E-state index contributed by atoms with van der Waals surface area (Å²) in [6.07, 6.45) is 0.845. The van der Waals surface area contributed by atoms with E-state index in [0.29, 0.717) is 28.4 Å². The zero-order valence-electron chi connectivity index (χ0n) is 15.4. The third kappa shape index (κ3) is 3.51. The van der Waals surface area contributed by atoms with Crippen LogP contribution in [0.5, 0.6) is 0 Å². The number of benzene rings is 3. The Morgan fingerprint density at radius 1 is 0.964 bits per heavy atom. The van der Waals surface area contributed by atoms with Crippen molar-refractivity contribution in [1.82, 2.24) is 0 Å². The first-order valence-corrected chi connectivity index (χ1v) is 9.48. The maximum absolute atomic E-state index is 13.0. The van der Waals surface area contributed by atoms with Gasteiger partial charge < -0.3 is 10.2 Å². The topological polar surface area (TPSA) is 49.4 Å². The first kappa shape index (κ1) is 18.3. The van der Waals surface area contributed by atoms with E-state index in [0.717, 1.165) is 17.7 Å². The van der Waals surface area contributed by atoms with Gasteiger partial charge in [-0.15, -0.1) is 0 Å². The summed E-state index contributed by atoms with van der Waals surface area (Å²) >= 11 is 5.97. The smallest absolute Gasteiger partial charge is 0.258 e. The van der Waals surface area contributed by atoms with Crippen LogP contribution >= 0.6 is 11.6 Å². The highest BCUT2D eigenvalue weighted by atomic mass is 35.5. The Morgan fingerprint density at radius 2 is 1.75 bits per heavy atom. The summed E-state index contributed by atoms with van der Waals surface area (Å²) in [5, 5.41) is 3.50. The highest BCUT2D eigenvalue weighted by Gasteiger charge is 2.25. The molecule has 0 spiro atoms. The minimum atomic E-state index is -0.262. The molecule has 0 unspecified atom stereocenters. The van der Waals surface area contributed by atoms with Gasteiger partial charge in [-0.2, -0.15) is 0 Å². The summed E-state index contributed by atoms with van der Waals surface area (Å²) in [4.78, 5) is 27.5. The zero-order chi connectivity index (χ0) is 19.7. The second-order valence-corrected chi connectivity index (χ2v) is 7.27. The number of rotatable bonds is 3. The molecular weight excluding hydrogens is 372 g/mol. The molecule has 4 nitrogen and oxygen atoms in total. The Morgan fingerprint density at radius 3 is 2.57 bits per heavy atom. The molecule has 1 aliphatic heterocycles. The molecule has 4 rings (SSSR count). The van der Waals surface area contributed by atoms with Gasteiger partial charge in [0.2, 0.25) is 0 Å². The van der Waals surface area contributed by atoms with Gasteiger partial charge in [0.15, 0.2) is 0 Å². The van der Waals surface area contributed by atoms with Crippen molar-refractivity contribution in [2.24, 2.45) is 0 Å². The third-order valence-electron chi connectivity index (χ3n) is 4.94. The number of anilines is 2. The van der Waals surface area contributed by atoms with E-state index in [-0.39, 0.29) is 11.8 Å². The van der Waals surface area contributed by atoms with E-state index >= 15 is 0 Å². The quantitative estimate of drug-likeness (QED) is 0.676. The first-order chi connectivity index (χ1) is 13.5. The molecule has 0 aromatic heterocycles. The number of carbonyl (C=O) groups excluding carboxylic acids is 2. The molecule has 5 heteroatoms. The molecule has 1 aliphatic rings. The highest BCUT2D eigenvalue weighted by Crippen LogP contribution is 2.29. The van der Waals surface area contributed by atoms with Crippen LogP contribution in [-0.4, -0.2) is 18.4 Å². The van der Waals surface area contributed by atoms with E-state index < -0.39 is 0 Å². The Bertz CT molecular complexity index is 1080. The van der Waals surface area contributed by atoms with Crippen LogP contribution in [0.2, 0.25) is 5.02 Å². The first-order valence-electron chi connectivity index (χ1n) is 9.10. The van der Waals surface area contributed by atoms with E-state index in [9.17, 15) is 9.59 Å². The van der Waals surface area contributed by atoms with Crippen LogP contribution in [0, 0.1) is 6.92 Å². The van der Waals surface area contributed by atoms with Gasteiger partial charge in [0, 0.05) is 34.1 Å². The molecule has 0 atom stereocenters. The maximum Gasteiger partial charge on any atom is 0.258 e. The fraction of sp³-hybridized carbons (Fsp3) is 0.130. The standard InChI is InChI=1S/C23H19ClN2O2/c1-15-13-19(24)9-10-20(15)25-22(27)17-6-4-7-18(14-17)23(28)26-12-11-16-5-2-3-8-21(16)26/h2-10,13-14H,11-12H2,1H3,(H,25,27). The average Bonchev–Trinajstić information content (AvgIpc) is 3.14. The largest absolute Gasteiger partial charge is 0.322 e. The molecule has 3 aromatic rings. The fourth-order valence-electron chi connectivity index (χ4n) is 3.46. The number of hydrogen-bond donors (Lipinski definition) is 1. The predicted octanol–water partition coefficient (Wildman–Crippen LogP) is 5.10. The molecule has 0 saturated heterocycles. The number of carbonyl (C=O) groups is 2. The fourth-order valence-corrected chi connectivity index (χ4v) is 3.69. The molecule has 28 heavy (non-hydrogen) atoms. The number of hydrogen-bond acceptors (Lipinski definition) is 2. The summed E-state index contributed by atoms with van der Waals surface area (Å²) in [6.45, 7) is 2.53. The van der Waals surface area contributed by atoms with E-state index in [1.807, 2.05) is 31.2 Å². The zero-order valence-corrected chi connectivity index (χ0v) is 16.2. The summed E-state index contributed by atoms with van der Waals surface area (Å²) in [5.74, 6) is -0.357. The number of fused-ring (bicyclic) bond motifs is 1. The average molecular weight is 391 g/mol. The van der Waals surface area contributed by atoms with Crippen molar-refractivity contribution >= 4 is 34.8 Å². The van der Waals surface area contributed by atoms with Crippen LogP contribution in [0.4, 0.5) is 11.4 Å². The molecule has 0 saturated carbocycles. The predicted molar refractivity (Wildman–Crippen MR) is 112 cm³/mol. The molecular formula is C23H19ClN2O2. The second-order valence-electron chi connectivity index (χ2n) is 6.83. The summed E-state index contributed by atoms with van der Waals surface area (Å²) in [5.41, 5.74) is 4.62. The van der Waals surface area contributed by atoms with E-state index in [1.165, 1.54) is 5.56 Å². The third-order valence-corrected chi connectivity index (χ3v) is 5.18. The Hall–Kier alpha value is -3.11. The minimum Gasteiger partial charge on any atom is -0.322 e. The van der Waals surface area contributed by atoms with Gasteiger partial charge in [0.05, 0.1) is 0 Å². The molecule has 1 N–H and O–H groups in total. The lowest BCUT2D eigenvalue weighted by atomic mass is 10.1. The summed E-state index contributed by atoms with van der Waals surface area (Å²) in [7, 11) is 0. The molecule has 3 aromatic carbocycles. The maximum atomic E-state index is 13.0. The summed E-state index contributed by atoms with van der Waals surface area (Å²) in [6, 6.07) is 20.0. The number of nitrogens with one attached hydrogen (secondary N) is 1. The lowest BCUT2D eigenvalue weighted by Gasteiger charge is -2.18. The molecule has 140 valence electrons. The highest BCUT2D eigenvalue weighted by molar-refractivity contribution is 6.30. The number of aryl methyl sites for hydroxylation is 1. The molecule has 1 heterocycles. The normalized spacial score (nSPS) is 12.6. The molecule has 0 fully saturated rings. The lowest BCUT2D eigenvalue weighted by molar-refractivity contribution is 0.0989. The molecule has 0 bridgehead atoms. The minimum absolute atomic E-state index is 0.0951. The van der Waals surface area contributed by atoms with Crippen LogP contribution in [0.25, 0.3) is 0 Å². The number of amides is 2. The Balaban J connectivity index is 1.56. The van der Waals surface area contributed by atoms with Crippen LogP contribution in [0.3, 0.4) is 0 Å². The van der Waals surface area contributed by atoms with Gasteiger partial charge in [0.25, 0.3) is 11.8 Å². The van der Waals surface area contributed by atoms with Gasteiger partial charge in [-0.3, -0.25) is 9.59 Å². The van der Waals surface area contributed by atoms with Crippen molar-refractivity contribution in [3.63, 3.8) is 0 Å². The number of halogens is 1. The molecule has 0 radical (unpaired) electrons. The molecule has 0 aliphatic carbocycles. The van der Waals surface area contributed by atoms with Gasteiger partial charge in [0.1, 0.15) is 0 Å². The van der Waals surface area contributed by atoms with Crippen LogP contribution in [-0.2, 0) is 6.42 Å². The van der Waals surface area contributed by atoms with Crippen molar-refractivity contribution in [3.8, 4) is 0 Å². The van der Waals surface area contributed by atoms with Gasteiger partial charge >= 0.3 is 0 Å². The van der Waals surface area contributed by atoms with Crippen LogP contribution in [0.15, 0.2) is 66.7 Å². The Labute approximate surface area is 168 Å². The van der Waals surface area contributed by atoms with Gasteiger partial charge in [-0.25, -0.2) is 0 Å². The number of para-hydroxylation sites is 1. The van der Waals surface area contributed by atoms with E-state index in [4.69, 9.17) is 11.6 Å². The second kappa shape index (κ2) is 7.49. The van der Waals surface area contributed by atoms with Crippen molar-refractivity contribution in [1.29, 1.82) is 0 Å². The Kier molecular flexibility index (Phi) is 4.88. The SMILES string of the molecule is Cc1cc(Cl)ccc1NC(=O)c1cccc(C(=O)N2CCc3ccccc32)c1. The van der Waals surface area contributed by atoms with Gasteiger partial charge in [-0.05, 0) is 66.9 Å². The monoisotopic (exact) mass is 390 g/mol. The molecule has 2 amide bonds. The van der Waals surface area contributed by atoms with Crippen molar-refractivity contribution in [2.75, 3.05) is 16.8 Å². The van der Waals surface area contributed by atoms with Crippen LogP contribution in [0.1, 0.15) is 31.8 Å². The van der Waals surface area contributed by atoms with Crippen molar-refractivity contribution < 1.29 is 9.59 Å². The van der Waals surface area contributed by atoms with E-state index in [2.05, 4.69) is 5.32 Å². The van der Waals surface area contributed by atoms with E-state index in [1.54, 1.807) is 47.4 Å². The van der Waals surface area contributed by atoms with Crippen molar-refractivity contribution in [3.05, 3.63) is 94.0 Å². The van der Waals surface area contributed by atoms with Gasteiger partial charge in [-0.1, -0.05) is 35.9 Å².